The summed E-state index contributed by atoms with van der Waals surface area (Å²) in [5.41, 5.74) is -0.385. The van der Waals surface area contributed by atoms with Crippen molar-refractivity contribution in [1.29, 1.82) is 0 Å². The van der Waals surface area contributed by atoms with Gasteiger partial charge in [0.05, 0.1) is 15.1 Å². The Labute approximate surface area is 293 Å². The number of nitrogens with zero attached hydrogens (tertiary/aromatic N) is 2. The molecular weight excluding hydrogens is 706 g/mol. The number of benzene rings is 3. The van der Waals surface area contributed by atoms with E-state index in [1.807, 2.05) is 0 Å². The van der Waals surface area contributed by atoms with E-state index in [1.165, 1.54) is 34.1 Å². The highest BCUT2D eigenvalue weighted by atomic mass is 35.5. The molecule has 1 saturated carbocycles. The maximum absolute atomic E-state index is 15.4. The topological polar surface area (TPSA) is 66.9 Å². The highest BCUT2D eigenvalue weighted by Gasteiger charge is 2.39. The number of Topliss-reactive ketones (excluding diaryl/α,β-unsaturated/α-hetero) is 1. The molecule has 0 spiro atoms. The van der Waals surface area contributed by atoms with Crippen LogP contribution in [0.1, 0.15) is 72.0 Å². The molecule has 6 nitrogen and oxygen atoms in total. The molecule has 0 atom stereocenters. The summed E-state index contributed by atoms with van der Waals surface area (Å²) in [6, 6.07) is 9.84. The van der Waals surface area contributed by atoms with Crippen molar-refractivity contribution in [2.45, 2.75) is 76.9 Å². The number of thiophene rings is 1. The largest absolute Gasteiger partial charge is 0.454 e. The second kappa shape index (κ2) is 14.3. The van der Waals surface area contributed by atoms with E-state index >= 15 is 4.39 Å². The highest BCUT2D eigenvalue weighted by Crippen LogP contribution is 2.40. The van der Waals surface area contributed by atoms with Gasteiger partial charge in [0.15, 0.2) is 0 Å². The first-order valence-corrected chi connectivity index (χ1v) is 16.9. The Morgan fingerprint density at radius 3 is 1.98 bits per heavy atom. The number of carbonyl (C=O) groups is 3. The molecule has 0 unspecified atom stereocenters. The molecule has 4 aromatic rings. The van der Waals surface area contributed by atoms with Gasteiger partial charge in [0.25, 0.3) is 11.7 Å². The monoisotopic (exact) mass is 738 g/mol. The van der Waals surface area contributed by atoms with Crippen molar-refractivity contribution < 1.29 is 45.5 Å². The van der Waals surface area contributed by atoms with Gasteiger partial charge in [0, 0.05) is 36.8 Å². The van der Waals surface area contributed by atoms with E-state index < -0.39 is 58.6 Å². The van der Waals surface area contributed by atoms with Crippen LogP contribution in [-0.4, -0.2) is 58.5 Å². The number of rotatable bonds is 7. The zero-order chi connectivity index (χ0) is 36.7. The predicted molar refractivity (Wildman–Crippen MR) is 179 cm³/mol. The molecule has 2 amide bonds. The second-order valence-corrected chi connectivity index (χ2v) is 14.6. The van der Waals surface area contributed by atoms with E-state index in [0.717, 1.165) is 30.3 Å². The average Bonchev–Trinajstić information content (AvgIpc) is 3.42. The van der Waals surface area contributed by atoms with E-state index in [2.05, 4.69) is 0 Å². The van der Waals surface area contributed by atoms with Crippen LogP contribution in [0, 0.1) is 17.5 Å². The molecule has 14 heteroatoms. The van der Waals surface area contributed by atoms with Gasteiger partial charge in [-0.2, -0.15) is 13.2 Å². The number of amides is 2. The number of ketones is 1. The second-order valence-electron chi connectivity index (χ2n) is 13.2. The maximum Gasteiger partial charge on any atom is 0.454 e. The van der Waals surface area contributed by atoms with Crippen LogP contribution in [0.5, 0.6) is 0 Å². The van der Waals surface area contributed by atoms with Crippen molar-refractivity contribution in [2.75, 3.05) is 7.05 Å². The molecular formula is C36H33ClF6N2O4S. The number of ether oxygens (including phenoxy) is 1. The molecule has 0 radical (unpaired) electrons. The minimum Gasteiger partial charge on any atom is -0.444 e. The van der Waals surface area contributed by atoms with E-state index in [-0.39, 0.29) is 38.1 Å². The number of carbonyl (C=O) groups excluding carboxylic acids is 3. The fourth-order valence-electron chi connectivity index (χ4n) is 6.01. The van der Waals surface area contributed by atoms with Crippen molar-refractivity contribution in [1.82, 2.24) is 9.80 Å². The van der Waals surface area contributed by atoms with Gasteiger partial charge in [-0.3, -0.25) is 9.59 Å². The van der Waals surface area contributed by atoms with Crippen LogP contribution in [0.2, 0.25) is 5.02 Å². The fourth-order valence-corrected chi connectivity index (χ4v) is 7.51. The molecule has 50 heavy (non-hydrogen) atoms. The Morgan fingerprint density at radius 1 is 0.840 bits per heavy atom. The summed E-state index contributed by atoms with van der Waals surface area (Å²) >= 11 is 7.19. The van der Waals surface area contributed by atoms with Gasteiger partial charge in [-0.05, 0) is 81.8 Å². The number of alkyl halides is 3. The predicted octanol–water partition coefficient (Wildman–Crippen LogP) is 10.2. The van der Waals surface area contributed by atoms with E-state index in [0.29, 0.717) is 48.1 Å². The lowest BCUT2D eigenvalue weighted by molar-refractivity contribution is -0.0885. The summed E-state index contributed by atoms with van der Waals surface area (Å²) in [6.45, 7) is 4.99. The first-order chi connectivity index (χ1) is 23.4. The summed E-state index contributed by atoms with van der Waals surface area (Å²) in [7, 11) is 1.63. The summed E-state index contributed by atoms with van der Waals surface area (Å²) in [6.07, 6.45) is -3.81. The third-order valence-corrected chi connectivity index (χ3v) is 10.3. The molecule has 1 heterocycles. The first kappa shape index (κ1) is 37.2. The minimum atomic E-state index is -5.04. The van der Waals surface area contributed by atoms with Crippen molar-refractivity contribution in [3.05, 3.63) is 93.1 Å². The summed E-state index contributed by atoms with van der Waals surface area (Å²) in [5.74, 6) is -4.90. The Kier molecular flexibility index (Phi) is 10.6. The fraction of sp³-hybridized carbons (Fsp3) is 0.361. The van der Waals surface area contributed by atoms with Gasteiger partial charge in [-0.15, -0.1) is 11.3 Å². The summed E-state index contributed by atoms with van der Waals surface area (Å²) in [4.78, 5) is 41.4. The van der Waals surface area contributed by atoms with Crippen LogP contribution in [0.4, 0.5) is 31.1 Å². The van der Waals surface area contributed by atoms with Crippen LogP contribution in [0.25, 0.3) is 21.2 Å². The normalized spacial score (nSPS) is 16.7. The quantitative estimate of drug-likeness (QED) is 0.140. The highest BCUT2D eigenvalue weighted by molar-refractivity contribution is 7.21. The molecule has 1 fully saturated rings. The lowest BCUT2D eigenvalue weighted by Crippen LogP contribution is -2.47. The van der Waals surface area contributed by atoms with Crippen LogP contribution in [-0.2, 0) is 11.3 Å². The van der Waals surface area contributed by atoms with Gasteiger partial charge in [-0.25, -0.2) is 18.0 Å². The Balaban J connectivity index is 1.47. The van der Waals surface area contributed by atoms with E-state index in [1.54, 1.807) is 27.8 Å². The zero-order valence-electron chi connectivity index (χ0n) is 27.5. The van der Waals surface area contributed by atoms with Gasteiger partial charge in [-0.1, -0.05) is 41.9 Å². The summed E-state index contributed by atoms with van der Waals surface area (Å²) in [5, 5.41) is -0.499. The minimum absolute atomic E-state index is 0.0638. The maximum atomic E-state index is 15.4. The van der Waals surface area contributed by atoms with Crippen LogP contribution >= 0.6 is 22.9 Å². The number of hydrogen-bond acceptors (Lipinski definition) is 5. The molecule has 0 bridgehead atoms. The third-order valence-electron chi connectivity index (χ3n) is 8.60. The van der Waals surface area contributed by atoms with Crippen molar-refractivity contribution in [2.24, 2.45) is 0 Å². The van der Waals surface area contributed by atoms with Gasteiger partial charge >= 0.3 is 12.3 Å². The molecule has 1 aliphatic rings. The van der Waals surface area contributed by atoms with Crippen LogP contribution in [0.3, 0.4) is 0 Å². The van der Waals surface area contributed by atoms with Gasteiger partial charge in [0.2, 0.25) is 0 Å². The van der Waals surface area contributed by atoms with Crippen LogP contribution < -0.4 is 0 Å². The number of halogens is 7. The van der Waals surface area contributed by atoms with Gasteiger partial charge < -0.3 is 14.5 Å². The lowest BCUT2D eigenvalue weighted by Gasteiger charge is -2.40. The standard InChI is InChI=1S/C36H33ClF6N2O4S/c1-35(2,3)49-34(48)44(4)23-10-12-24(13-11-23)45(33(47)31-29(37)28-26(39)15-16-27(40)30(28)50-31)18-22-17-21(9-14-25(22)38)19-5-7-20(8-6-19)32(46)36(41,42)43/h5-9,14-17,23-24H,10-13,18H2,1-4H3. The van der Waals surface area contributed by atoms with Crippen molar-refractivity contribution >= 4 is 50.8 Å². The smallest absolute Gasteiger partial charge is 0.444 e. The Hall–Kier alpha value is -4.10. The molecule has 1 aromatic heterocycles. The molecule has 0 N–H and O–H groups in total. The zero-order valence-corrected chi connectivity index (χ0v) is 29.0. The molecule has 266 valence electrons. The lowest BCUT2D eigenvalue weighted by atomic mass is 9.89. The SMILES string of the molecule is CN(C(=O)OC(C)(C)C)C1CCC(N(Cc2cc(-c3ccc(C(=O)C(F)(F)F)cc3)ccc2F)C(=O)c2sc3c(F)ccc(F)c3c2Cl)CC1. The molecule has 3 aromatic carbocycles. The molecule has 0 aliphatic heterocycles. The molecule has 1 aliphatic carbocycles. The average molecular weight is 739 g/mol. The van der Waals surface area contributed by atoms with E-state index in [4.69, 9.17) is 16.3 Å². The Morgan fingerprint density at radius 2 is 1.40 bits per heavy atom. The summed E-state index contributed by atoms with van der Waals surface area (Å²) < 4.78 is 89.0. The number of hydrogen-bond donors (Lipinski definition) is 0. The van der Waals surface area contributed by atoms with E-state index in [9.17, 15) is 36.3 Å². The number of fused-ring (bicyclic) bond motifs is 1. The van der Waals surface area contributed by atoms with Crippen molar-refractivity contribution in [3.63, 3.8) is 0 Å². The molecule has 0 saturated heterocycles. The third kappa shape index (κ3) is 7.94. The first-order valence-electron chi connectivity index (χ1n) is 15.7. The van der Waals surface area contributed by atoms with Gasteiger partial charge in [0.1, 0.15) is 27.9 Å². The van der Waals surface area contributed by atoms with Crippen molar-refractivity contribution in [3.8, 4) is 11.1 Å². The van der Waals surface area contributed by atoms with Crippen LogP contribution in [0.15, 0.2) is 54.6 Å². The Bertz CT molecular complexity index is 1930. The molecule has 5 rings (SSSR count).